The molecule has 47 heavy (non-hydrogen) atoms. The predicted octanol–water partition coefficient (Wildman–Crippen LogP) is 5.20. The summed E-state index contributed by atoms with van der Waals surface area (Å²) < 4.78 is 6.76. The molecule has 3 saturated heterocycles. The predicted molar refractivity (Wildman–Crippen MR) is 186 cm³/mol. The number of fused-ring (bicyclic) bond motifs is 1. The van der Waals surface area contributed by atoms with Crippen LogP contribution in [0, 0.1) is 11.8 Å². The van der Waals surface area contributed by atoms with Crippen molar-refractivity contribution in [2.45, 2.75) is 70.1 Å². The lowest BCUT2D eigenvalue weighted by atomic mass is 9.70. The molecule has 1 N–H and O–H groups in total. The summed E-state index contributed by atoms with van der Waals surface area (Å²) in [5.74, 6) is -2.04. The zero-order valence-electron chi connectivity index (χ0n) is 27.9. The highest BCUT2D eigenvalue weighted by Crippen LogP contribution is 2.59. The number of carbonyl (C=O) groups is 3. The van der Waals surface area contributed by atoms with Gasteiger partial charge in [0.25, 0.3) is 5.91 Å². The van der Waals surface area contributed by atoms with Crippen LogP contribution < -0.4 is 14.7 Å². The number of hydrogen-bond acceptors (Lipinski definition) is 6. The van der Waals surface area contributed by atoms with Crippen LogP contribution in [0.25, 0.3) is 0 Å². The van der Waals surface area contributed by atoms with Crippen molar-refractivity contribution in [3.05, 3.63) is 79.9 Å². The van der Waals surface area contributed by atoms with Crippen LogP contribution in [-0.4, -0.2) is 84.8 Å². The number of likely N-dealkylation sites (tertiary alicyclic amines) is 1. The van der Waals surface area contributed by atoms with Gasteiger partial charge in [-0.05, 0) is 75.9 Å². The second-order valence-electron chi connectivity index (χ2n) is 12.7. The van der Waals surface area contributed by atoms with Gasteiger partial charge in [0.05, 0.1) is 17.9 Å². The Morgan fingerprint density at radius 1 is 0.894 bits per heavy atom. The van der Waals surface area contributed by atoms with E-state index in [1.54, 1.807) is 26.9 Å². The molecule has 2 aromatic rings. The molecule has 9 nitrogen and oxygen atoms in total. The Morgan fingerprint density at radius 2 is 1.49 bits per heavy atom. The van der Waals surface area contributed by atoms with Crippen molar-refractivity contribution >= 4 is 34.8 Å². The number of amides is 3. The minimum atomic E-state index is -1.10. The minimum Gasteiger partial charge on any atom is -0.396 e. The maximum absolute atomic E-state index is 14.9. The average molecular weight is 643 g/mol. The maximum atomic E-state index is 14.9. The summed E-state index contributed by atoms with van der Waals surface area (Å²) in [7, 11) is 0. The third-order valence-electron chi connectivity index (χ3n) is 10.1. The molecule has 3 fully saturated rings. The van der Waals surface area contributed by atoms with E-state index in [4.69, 9.17) is 4.74 Å². The lowest BCUT2D eigenvalue weighted by molar-refractivity contribution is -0.140. The first-order valence-electron chi connectivity index (χ1n) is 17.2. The first kappa shape index (κ1) is 34.4. The molecule has 3 aliphatic heterocycles. The van der Waals surface area contributed by atoms with E-state index in [9.17, 15) is 19.5 Å². The number of rotatable bonds is 17. The second kappa shape index (κ2) is 15.3. The summed E-state index contributed by atoms with van der Waals surface area (Å²) in [6, 6.07) is 16.5. The second-order valence-corrected chi connectivity index (χ2v) is 12.7. The van der Waals surface area contributed by atoms with Crippen molar-refractivity contribution in [3.8, 4) is 0 Å². The molecule has 0 saturated carbocycles. The number of para-hydroxylation sites is 1. The molecule has 9 heteroatoms. The number of aliphatic hydroxyl groups is 1. The van der Waals surface area contributed by atoms with Crippen LogP contribution in [0.15, 0.2) is 79.9 Å². The van der Waals surface area contributed by atoms with Crippen LogP contribution in [0.1, 0.15) is 52.4 Å². The molecule has 0 aromatic heterocycles. The number of carbonyl (C=O) groups excluding carboxylic acids is 3. The summed E-state index contributed by atoms with van der Waals surface area (Å²) in [4.78, 5) is 51.2. The normalized spacial score (nSPS) is 24.2. The van der Waals surface area contributed by atoms with Crippen LogP contribution in [0.2, 0.25) is 0 Å². The highest BCUT2D eigenvalue weighted by atomic mass is 16.5. The van der Waals surface area contributed by atoms with Crippen LogP contribution >= 0.6 is 0 Å². The van der Waals surface area contributed by atoms with E-state index in [1.165, 1.54) is 0 Å². The third kappa shape index (κ3) is 6.48. The highest BCUT2D eigenvalue weighted by Gasteiger charge is 2.74. The first-order chi connectivity index (χ1) is 22.9. The Morgan fingerprint density at radius 3 is 2.11 bits per heavy atom. The molecule has 2 aromatic carbocycles. The molecule has 3 aliphatic rings. The Labute approximate surface area is 279 Å². The minimum absolute atomic E-state index is 0.125. The standard InChI is InChI=1S/C38H50N4O5/c1-5-24-40(29-16-12-11-13-17-29)35(44)32-31-22-23-38(47-31)33(32)36(45)42(26-14-9-10-15-27-43)34(38)37(46)41(25-6-2)30-20-18-28(19-21-30)39(7-3)8-4/h5-6,11-13,16-21,31-34,43H,1-2,7-10,14-15,22-27H2,3-4H3/t31-,32+,33-,34?,38?/m0/s1. The lowest BCUT2D eigenvalue weighted by Crippen LogP contribution is -2.56. The monoisotopic (exact) mass is 642 g/mol. The van der Waals surface area contributed by atoms with E-state index < -0.39 is 29.6 Å². The lowest BCUT2D eigenvalue weighted by Gasteiger charge is -2.37. The fourth-order valence-electron chi connectivity index (χ4n) is 7.97. The summed E-state index contributed by atoms with van der Waals surface area (Å²) >= 11 is 0. The molecule has 252 valence electrons. The highest BCUT2D eigenvalue weighted by molar-refractivity contribution is 6.06. The molecule has 0 radical (unpaired) electrons. The van der Waals surface area contributed by atoms with Crippen molar-refractivity contribution in [3.63, 3.8) is 0 Å². The van der Waals surface area contributed by atoms with Crippen molar-refractivity contribution in [1.82, 2.24) is 4.90 Å². The maximum Gasteiger partial charge on any atom is 0.253 e. The third-order valence-corrected chi connectivity index (χ3v) is 10.1. The van der Waals surface area contributed by atoms with Gasteiger partial charge >= 0.3 is 0 Å². The Kier molecular flexibility index (Phi) is 11.2. The van der Waals surface area contributed by atoms with Gasteiger partial charge in [-0.2, -0.15) is 0 Å². The largest absolute Gasteiger partial charge is 0.396 e. The Bertz CT molecular complexity index is 1410. The SMILES string of the molecule is C=CCN(C(=O)C1N(CCCCCCO)C(=O)[C@@H]2[C@H](C(=O)N(CC=C)c3ccccc3)[C@@H]3CCC12O3)c1ccc(N(CC)CC)cc1. The molecule has 3 amide bonds. The number of nitrogens with zero attached hydrogens (tertiary/aromatic N) is 4. The molecule has 2 unspecified atom stereocenters. The van der Waals surface area contributed by atoms with Crippen LogP contribution in [0.4, 0.5) is 17.1 Å². The first-order valence-corrected chi connectivity index (χ1v) is 17.2. The molecular weight excluding hydrogens is 592 g/mol. The summed E-state index contributed by atoms with van der Waals surface area (Å²) in [5, 5.41) is 9.27. The van der Waals surface area contributed by atoms with Crippen molar-refractivity contribution in [2.24, 2.45) is 11.8 Å². The van der Waals surface area contributed by atoms with E-state index in [2.05, 4.69) is 31.9 Å². The molecule has 2 bridgehead atoms. The van der Waals surface area contributed by atoms with Gasteiger partial charge in [0.1, 0.15) is 11.6 Å². The van der Waals surface area contributed by atoms with E-state index in [1.807, 2.05) is 54.6 Å². The van der Waals surface area contributed by atoms with E-state index in [0.717, 1.165) is 43.0 Å². The molecular formula is C38H50N4O5. The van der Waals surface area contributed by atoms with Gasteiger partial charge in [-0.1, -0.05) is 43.2 Å². The summed E-state index contributed by atoms with van der Waals surface area (Å²) in [6.07, 6.45) is 7.11. The van der Waals surface area contributed by atoms with E-state index >= 15 is 0 Å². The zero-order chi connectivity index (χ0) is 33.6. The van der Waals surface area contributed by atoms with Crippen LogP contribution in [0.3, 0.4) is 0 Å². The van der Waals surface area contributed by atoms with Crippen molar-refractivity contribution in [1.29, 1.82) is 0 Å². The van der Waals surface area contributed by atoms with Crippen molar-refractivity contribution in [2.75, 3.05) is 54.0 Å². The Balaban J connectivity index is 1.51. The van der Waals surface area contributed by atoms with Gasteiger partial charge in [-0.15, -0.1) is 13.2 Å². The Hall–Kier alpha value is -3.95. The average Bonchev–Trinajstić information content (AvgIpc) is 3.74. The fourth-order valence-corrected chi connectivity index (χ4v) is 7.97. The quantitative estimate of drug-likeness (QED) is 0.189. The number of hydrogen-bond donors (Lipinski definition) is 1. The topological polar surface area (TPSA) is 93.6 Å². The smallest absolute Gasteiger partial charge is 0.253 e. The van der Waals surface area contributed by atoms with Gasteiger partial charge < -0.3 is 29.4 Å². The summed E-state index contributed by atoms with van der Waals surface area (Å²) in [5.41, 5.74) is 1.44. The number of benzene rings is 2. The number of aliphatic hydroxyl groups excluding tert-OH is 1. The van der Waals surface area contributed by atoms with Gasteiger partial charge in [0.15, 0.2) is 0 Å². The van der Waals surface area contributed by atoms with E-state index in [-0.39, 0.29) is 30.9 Å². The van der Waals surface area contributed by atoms with E-state index in [0.29, 0.717) is 38.8 Å². The fraction of sp³-hybridized carbons (Fsp3) is 0.500. The van der Waals surface area contributed by atoms with Crippen LogP contribution in [0.5, 0.6) is 0 Å². The van der Waals surface area contributed by atoms with Gasteiger partial charge in [-0.3, -0.25) is 14.4 Å². The zero-order valence-corrected chi connectivity index (χ0v) is 27.9. The summed E-state index contributed by atoms with van der Waals surface area (Å²) in [6.45, 7) is 14.9. The van der Waals surface area contributed by atoms with Gasteiger partial charge in [-0.25, -0.2) is 0 Å². The molecule has 1 spiro atoms. The molecule has 0 aliphatic carbocycles. The van der Waals surface area contributed by atoms with Gasteiger partial charge in [0, 0.05) is 56.4 Å². The molecule has 5 atom stereocenters. The number of anilines is 3. The van der Waals surface area contributed by atoms with Crippen LogP contribution in [-0.2, 0) is 19.1 Å². The molecule has 5 rings (SSSR count). The molecule has 3 heterocycles. The van der Waals surface area contributed by atoms with Gasteiger partial charge in [0.2, 0.25) is 11.8 Å². The van der Waals surface area contributed by atoms with Crippen molar-refractivity contribution < 1.29 is 24.2 Å². The number of ether oxygens (including phenoxy) is 1. The number of unbranched alkanes of at least 4 members (excludes halogenated alkanes) is 3.